The van der Waals surface area contributed by atoms with Crippen LogP contribution in [0.15, 0.2) is 54.6 Å². The molecule has 0 heterocycles. The summed E-state index contributed by atoms with van der Waals surface area (Å²) in [5, 5.41) is 3.21. The van der Waals surface area contributed by atoms with Crippen molar-refractivity contribution in [1.82, 2.24) is 5.32 Å². The zero-order valence-corrected chi connectivity index (χ0v) is 15.7. The van der Waals surface area contributed by atoms with Crippen LogP contribution in [0, 0.1) is 0 Å². The zero-order valence-electron chi connectivity index (χ0n) is 15.7. The Morgan fingerprint density at radius 2 is 1.73 bits per heavy atom. The highest BCUT2D eigenvalue weighted by molar-refractivity contribution is 5.76. The van der Waals surface area contributed by atoms with Gasteiger partial charge in [-0.1, -0.05) is 55.3 Å². The maximum Gasteiger partial charge on any atom is 0.220 e. The Balaban J connectivity index is 1.47. The second kappa shape index (κ2) is 8.88. The minimum absolute atomic E-state index is 0.132. The standard InChI is InChI=1S/C23H29NO2/c1-26-21-14-12-19(13-15-21)8-7-11-22(25)24-18-23(16-5-6-17-23)20-9-3-2-4-10-20/h2-4,9-10,12-15H,5-8,11,16-18H2,1H3,(H,24,25). The van der Waals surface area contributed by atoms with Crippen molar-refractivity contribution in [2.75, 3.05) is 13.7 Å². The average molecular weight is 351 g/mol. The van der Waals surface area contributed by atoms with E-state index in [1.165, 1.54) is 36.8 Å². The highest BCUT2D eigenvalue weighted by Gasteiger charge is 2.35. The lowest BCUT2D eigenvalue weighted by Crippen LogP contribution is -2.38. The lowest BCUT2D eigenvalue weighted by Gasteiger charge is -2.30. The molecule has 1 aliphatic carbocycles. The Morgan fingerprint density at radius 1 is 1.04 bits per heavy atom. The van der Waals surface area contributed by atoms with Gasteiger partial charge in [0.15, 0.2) is 0 Å². The average Bonchev–Trinajstić information content (AvgIpc) is 3.18. The van der Waals surface area contributed by atoms with Gasteiger partial charge in [-0.2, -0.15) is 0 Å². The number of carbonyl (C=O) groups excluding carboxylic acids is 1. The van der Waals surface area contributed by atoms with E-state index in [0.717, 1.165) is 25.1 Å². The maximum atomic E-state index is 12.3. The summed E-state index contributed by atoms with van der Waals surface area (Å²) in [6, 6.07) is 18.8. The molecule has 1 amide bonds. The topological polar surface area (TPSA) is 38.3 Å². The Hall–Kier alpha value is -2.29. The Morgan fingerprint density at radius 3 is 2.38 bits per heavy atom. The highest BCUT2D eigenvalue weighted by Crippen LogP contribution is 2.40. The number of carbonyl (C=O) groups is 1. The molecule has 1 saturated carbocycles. The number of rotatable bonds is 8. The van der Waals surface area contributed by atoms with Crippen LogP contribution in [0.5, 0.6) is 5.75 Å². The fraction of sp³-hybridized carbons (Fsp3) is 0.435. The molecule has 1 fully saturated rings. The summed E-state index contributed by atoms with van der Waals surface area (Å²) < 4.78 is 5.17. The van der Waals surface area contributed by atoms with Crippen LogP contribution in [0.2, 0.25) is 0 Å². The molecule has 1 N–H and O–H groups in total. The number of hydrogen-bond donors (Lipinski definition) is 1. The van der Waals surface area contributed by atoms with Crippen LogP contribution in [0.4, 0.5) is 0 Å². The molecule has 0 atom stereocenters. The molecule has 2 aromatic rings. The van der Waals surface area contributed by atoms with Crippen molar-refractivity contribution in [3.05, 3.63) is 65.7 Å². The lowest BCUT2D eigenvalue weighted by molar-refractivity contribution is -0.121. The first-order chi connectivity index (χ1) is 12.7. The molecule has 0 unspecified atom stereocenters. The van der Waals surface area contributed by atoms with Crippen LogP contribution in [0.3, 0.4) is 0 Å². The van der Waals surface area contributed by atoms with Gasteiger partial charge in [0.25, 0.3) is 0 Å². The minimum Gasteiger partial charge on any atom is -0.497 e. The van der Waals surface area contributed by atoms with Gasteiger partial charge >= 0.3 is 0 Å². The van der Waals surface area contributed by atoms with Gasteiger partial charge in [-0.15, -0.1) is 0 Å². The first-order valence-corrected chi connectivity index (χ1v) is 9.67. The highest BCUT2D eigenvalue weighted by atomic mass is 16.5. The molecular weight excluding hydrogens is 322 g/mol. The molecule has 1 aliphatic rings. The molecular formula is C23H29NO2. The van der Waals surface area contributed by atoms with Gasteiger partial charge in [0, 0.05) is 18.4 Å². The summed E-state index contributed by atoms with van der Waals surface area (Å²) in [6.07, 6.45) is 7.21. The molecule has 26 heavy (non-hydrogen) atoms. The van der Waals surface area contributed by atoms with Crippen LogP contribution in [-0.2, 0) is 16.6 Å². The molecule has 2 aromatic carbocycles. The van der Waals surface area contributed by atoms with E-state index < -0.39 is 0 Å². The zero-order chi connectivity index (χ0) is 18.2. The summed E-state index contributed by atoms with van der Waals surface area (Å²) in [7, 11) is 1.67. The van der Waals surface area contributed by atoms with E-state index in [2.05, 4.69) is 47.8 Å². The SMILES string of the molecule is COc1ccc(CCCC(=O)NCC2(c3ccccc3)CCCC2)cc1. The molecule has 3 heteroatoms. The van der Waals surface area contributed by atoms with Gasteiger partial charge in [0.1, 0.15) is 5.75 Å². The van der Waals surface area contributed by atoms with Crippen molar-refractivity contribution in [3.63, 3.8) is 0 Å². The summed E-state index contributed by atoms with van der Waals surface area (Å²) in [4.78, 5) is 12.3. The summed E-state index contributed by atoms with van der Waals surface area (Å²) in [5.41, 5.74) is 2.75. The third-order valence-electron chi connectivity index (χ3n) is 5.60. The van der Waals surface area contributed by atoms with E-state index in [0.29, 0.717) is 6.42 Å². The number of nitrogens with one attached hydrogen (secondary N) is 1. The predicted molar refractivity (Wildman–Crippen MR) is 106 cm³/mol. The van der Waals surface area contributed by atoms with Gasteiger partial charge in [0.2, 0.25) is 5.91 Å². The summed E-state index contributed by atoms with van der Waals surface area (Å²) in [6.45, 7) is 0.762. The van der Waals surface area contributed by atoms with E-state index in [-0.39, 0.29) is 11.3 Å². The van der Waals surface area contributed by atoms with Crippen LogP contribution >= 0.6 is 0 Å². The van der Waals surface area contributed by atoms with E-state index in [1.54, 1.807) is 7.11 Å². The van der Waals surface area contributed by atoms with Crippen LogP contribution in [0.25, 0.3) is 0 Å². The number of aryl methyl sites for hydroxylation is 1. The van der Waals surface area contributed by atoms with Gasteiger partial charge in [0.05, 0.1) is 7.11 Å². The number of hydrogen-bond acceptors (Lipinski definition) is 2. The van der Waals surface area contributed by atoms with Gasteiger partial charge < -0.3 is 10.1 Å². The van der Waals surface area contributed by atoms with E-state index in [9.17, 15) is 4.79 Å². The number of benzene rings is 2. The van der Waals surface area contributed by atoms with Crippen LogP contribution < -0.4 is 10.1 Å². The van der Waals surface area contributed by atoms with Crippen molar-refractivity contribution >= 4 is 5.91 Å². The fourth-order valence-electron chi connectivity index (χ4n) is 4.01. The predicted octanol–water partition coefficient (Wildman–Crippen LogP) is 4.65. The molecule has 3 nitrogen and oxygen atoms in total. The summed E-state index contributed by atoms with van der Waals surface area (Å²) >= 11 is 0. The molecule has 138 valence electrons. The molecule has 0 aromatic heterocycles. The normalized spacial score (nSPS) is 15.6. The maximum absolute atomic E-state index is 12.3. The summed E-state index contributed by atoms with van der Waals surface area (Å²) in [5.74, 6) is 1.04. The quantitative estimate of drug-likeness (QED) is 0.752. The van der Waals surface area contributed by atoms with Crippen molar-refractivity contribution in [2.45, 2.75) is 50.4 Å². The Labute approximate surface area is 156 Å². The van der Waals surface area contributed by atoms with Crippen molar-refractivity contribution in [1.29, 1.82) is 0 Å². The minimum atomic E-state index is 0.132. The van der Waals surface area contributed by atoms with E-state index in [1.807, 2.05) is 12.1 Å². The number of methoxy groups -OCH3 is 1. The Bertz CT molecular complexity index is 688. The van der Waals surface area contributed by atoms with Crippen molar-refractivity contribution < 1.29 is 9.53 Å². The molecule has 0 spiro atoms. The first-order valence-electron chi connectivity index (χ1n) is 9.67. The Kier molecular flexibility index (Phi) is 6.32. The van der Waals surface area contributed by atoms with Gasteiger partial charge in [-0.05, 0) is 48.9 Å². The van der Waals surface area contributed by atoms with Gasteiger partial charge in [-0.25, -0.2) is 0 Å². The second-order valence-electron chi connectivity index (χ2n) is 7.33. The third kappa shape index (κ3) is 4.66. The molecule has 0 aliphatic heterocycles. The van der Waals surface area contributed by atoms with Crippen LogP contribution in [-0.4, -0.2) is 19.6 Å². The lowest BCUT2D eigenvalue weighted by atomic mass is 9.79. The van der Waals surface area contributed by atoms with Crippen molar-refractivity contribution in [3.8, 4) is 5.75 Å². The number of amides is 1. The molecule has 0 saturated heterocycles. The fourth-order valence-corrected chi connectivity index (χ4v) is 4.01. The largest absolute Gasteiger partial charge is 0.497 e. The smallest absolute Gasteiger partial charge is 0.220 e. The van der Waals surface area contributed by atoms with E-state index in [4.69, 9.17) is 4.74 Å². The second-order valence-corrected chi connectivity index (χ2v) is 7.33. The monoisotopic (exact) mass is 351 g/mol. The third-order valence-corrected chi connectivity index (χ3v) is 5.60. The first kappa shape index (κ1) is 18.5. The van der Waals surface area contributed by atoms with Gasteiger partial charge in [-0.3, -0.25) is 4.79 Å². The molecule has 0 radical (unpaired) electrons. The molecule has 0 bridgehead atoms. The van der Waals surface area contributed by atoms with Crippen molar-refractivity contribution in [2.24, 2.45) is 0 Å². The molecule has 3 rings (SSSR count). The van der Waals surface area contributed by atoms with Crippen LogP contribution in [0.1, 0.15) is 49.7 Å². The number of ether oxygens (including phenoxy) is 1. The van der Waals surface area contributed by atoms with E-state index >= 15 is 0 Å².